The highest BCUT2D eigenvalue weighted by molar-refractivity contribution is 5.41. The van der Waals surface area contributed by atoms with Gasteiger partial charge in [-0.25, -0.2) is 14.4 Å². The van der Waals surface area contributed by atoms with Crippen LogP contribution < -0.4 is 14.4 Å². The Bertz CT molecular complexity index is 690. The van der Waals surface area contributed by atoms with Crippen LogP contribution in [0.25, 0.3) is 0 Å². The highest BCUT2D eigenvalue weighted by atomic mass is 19.1. The molecular formula is C17H21FN4O2. The lowest BCUT2D eigenvalue weighted by atomic mass is 10.2. The van der Waals surface area contributed by atoms with Gasteiger partial charge in [0, 0.05) is 38.8 Å². The number of hydrogen-bond donors (Lipinski definition) is 0. The molecule has 0 radical (unpaired) electrons. The van der Waals surface area contributed by atoms with Gasteiger partial charge in [-0.2, -0.15) is 0 Å². The normalized spacial score (nSPS) is 15.4. The van der Waals surface area contributed by atoms with E-state index in [0.29, 0.717) is 5.88 Å². The summed E-state index contributed by atoms with van der Waals surface area (Å²) in [6.07, 6.45) is 1.51. The van der Waals surface area contributed by atoms with Gasteiger partial charge in [-0.15, -0.1) is 0 Å². The van der Waals surface area contributed by atoms with Gasteiger partial charge in [0.15, 0.2) is 11.6 Å². The molecule has 24 heavy (non-hydrogen) atoms. The van der Waals surface area contributed by atoms with Crippen LogP contribution >= 0.6 is 0 Å². The maximum absolute atomic E-state index is 13.8. The third-order valence-electron chi connectivity index (χ3n) is 4.16. The molecule has 1 aliphatic heterocycles. The number of methoxy groups -OCH3 is 2. The summed E-state index contributed by atoms with van der Waals surface area (Å²) in [5.74, 6) is 1.40. The van der Waals surface area contributed by atoms with Crippen LogP contribution in [0.4, 0.5) is 10.2 Å². The van der Waals surface area contributed by atoms with Crippen molar-refractivity contribution in [2.75, 3.05) is 45.3 Å². The number of rotatable bonds is 5. The van der Waals surface area contributed by atoms with E-state index in [1.165, 1.54) is 13.4 Å². The van der Waals surface area contributed by atoms with E-state index in [-0.39, 0.29) is 11.6 Å². The van der Waals surface area contributed by atoms with Crippen molar-refractivity contribution in [3.05, 3.63) is 42.0 Å². The Balaban J connectivity index is 1.58. The standard InChI is InChI=1S/C17H21FN4O2/c1-23-15-4-3-13(9-14(15)18)11-21-5-7-22(8-6-21)16-10-17(24-2)20-12-19-16/h3-4,9-10,12H,5-8,11H2,1-2H3. The molecule has 3 rings (SSSR count). The Morgan fingerprint density at radius 2 is 1.83 bits per heavy atom. The Kier molecular flexibility index (Phi) is 5.10. The molecule has 7 heteroatoms. The van der Waals surface area contributed by atoms with E-state index in [4.69, 9.17) is 9.47 Å². The van der Waals surface area contributed by atoms with Gasteiger partial charge < -0.3 is 14.4 Å². The first-order valence-electron chi connectivity index (χ1n) is 7.85. The van der Waals surface area contributed by atoms with Crippen molar-refractivity contribution < 1.29 is 13.9 Å². The molecule has 1 aliphatic rings. The Morgan fingerprint density at radius 3 is 2.50 bits per heavy atom. The molecule has 128 valence electrons. The Morgan fingerprint density at radius 1 is 1.04 bits per heavy atom. The van der Waals surface area contributed by atoms with Crippen LogP contribution in [0.2, 0.25) is 0 Å². The van der Waals surface area contributed by atoms with Crippen LogP contribution in [0.15, 0.2) is 30.6 Å². The molecule has 0 saturated carbocycles. The maximum Gasteiger partial charge on any atom is 0.218 e. The zero-order valence-corrected chi connectivity index (χ0v) is 13.9. The molecule has 0 aliphatic carbocycles. The van der Waals surface area contributed by atoms with Crippen molar-refractivity contribution >= 4 is 5.82 Å². The molecule has 0 spiro atoms. The van der Waals surface area contributed by atoms with Gasteiger partial charge in [-0.05, 0) is 17.7 Å². The number of hydrogen-bond acceptors (Lipinski definition) is 6. The summed E-state index contributed by atoms with van der Waals surface area (Å²) in [5.41, 5.74) is 0.949. The Labute approximate surface area is 140 Å². The van der Waals surface area contributed by atoms with E-state index in [0.717, 1.165) is 44.1 Å². The summed E-state index contributed by atoms with van der Waals surface area (Å²) in [5, 5.41) is 0. The quantitative estimate of drug-likeness (QED) is 0.834. The fourth-order valence-electron chi connectivity index (χ4n) is 2.82. The van der Waals surface area contributed by atoms with E-state index in [2.05, 4.69) is 19.8 Å². The van der Waals surface area contributed by atoms with Gasteiger partial charge in [-0.3, -0.25) is 4.90 Å². The van der Waals surface area contributed by atoms with E-state index >= 15 is 0 Å². The first kappa shape index (κ1) is 16.4. The number of benzene rings is 1. The lowest BCUT2D eigenvalue weighted by Gasteiger charge is -2.35. The minimum Gasteiger partial charge on any atom is -0.494 e. The molecule has 2 aromatic rings. The number of nitrogens with zero attached hydrogens (tertiary/aromatic N) is 4. The van der Waals surface area contributed by atoms with Crippen molar-refractivity contribution in [2.24, 2.45) is 0 Å². The molecule has 1 fully saturated rings. The average Bonchev–Trinajstić information content (AvgIpc) is 2.62. The number of anilines is 1. The van der Waals surface area contributed by atoms with Gasteiger partial charge in [0.1, 0.15) is 12.1 Å². The number of halogens is 1. The zero-order valence-electron chi connectivity index (χ0n) is 13.9. The average molecular weight is 332 g/mol. The van der Waals surface area contributed by atoms with Gasteiger partial charge in [-0.1, -0.05) is 6.07 Å². The molecule has 0 bridgehead atoms. The summed E-state index contributed by atoms with van der Waals surface area (Å²) in [6, 6.07) is 6.96. The van der Waals surface area contributed by atoms with E-state index in [1.54, 1.807) is 19.2 Å². The minimum absolute atomic E-state index is 0.279. The molecule has 0 unspecified atom stereocenters. The van der Waals surface area contributed by atoms with Crippen LogP contribution in [0.3, 0.4) is 0 Å². The predicted octanol–water partition coefficient (Wildman–Crippen LogP) is 1.96. The van der Waals surface area contributed by atoms with Crippen LogP contribution in [-0.2, 0) is 6.54 Å². The van der Waals surface area contributed by atoms with Crippen molar-refractivity contribution in [1.82, 2.24) is 14.9 Å². The molecule has 2 heterocycles. The van der Waals surface area contributed by atoms with Crippen molar-refractivity contribution in [2.45, 2.75) is 6.54 Å². The first-order chi connectivity index (χ1) is 11.7. The van der Waals surface area contributed by atoms with Crippen molar-refractivity contribution in [3.63, 3.8) is 0 Å². The summed E-state index contributed by atoms with van der Waals surface area (Å²) in [4.78, 5) is 12.8. The van der Waals surface area contributed by atoms with E-state index in [1.807, 2.05) is 12.1 Å². The SMILES string of the molecule is COc1cc(N2CCN(Cc3ccc(OC)c(F)c3)CC2)ncn1. The second-order valence-corrected chi connectivity index (χ2v) is 5.65. The third kappa shape index (κ3) is 3.73. The summed E-state index contributed by atoms with van der Waals surface area (Å²) in [7, 11) is 3.07. The van der Waals surface area contributed by atoms with Gasteiger partial charge >= 0.3 is 0 Å². The highest BCUT2D eigenvalue weighted by Gasteiger charge is 2.19. The summed E-state index contributed by atoms with van der Waals surface area (Å²) >= 11 is 0. The lowest BCUT2D eigenvalue weighted by Crippen LogP contribution is -2.46. The van der Waals surface area contributed by atoms with Crippen molar-refractivity contribution in [1.29, 1.82) is 0 Å². The lowest BCUT2D eigenvalue weighted by molar-refractivity contribution is 0.248. The summed E-state index contributed by atoms with van der Waals surface area (Å²) in [6.45, 7) is 4.22. The largest absolute Gasteiger partial charge is 0.494 e. The topological polar surface area (TPSA) is 50.7 Å². The highest BCUT2D eigenvalue weighted by Crippen LogP contribution is 2.20. The first-order valence-corrected chi connectivity index (χ1v) is 7.85. The van der Waals surface area contributed by atoms with Crippen LogP contribution in [0.1, 0.15) is 5.56 Å². The Hall–Kier alpha value is -2.41. The monoisotopic (exact) mass is 332 g/mol. The molecule has 1 aromatic carbocycles. The molecule has 0 amide bonds. The van der Waals surface area contributed by atoms with Crippen molar-refractivity contribution in [3.8, 4) is 11.6 Å². The fourth-order valence-corrected chi connectivity index (χ4v) is 2.82. The second-order valence-electron chi connectivity index (χ2n) is 5.65. The summed E-state index contributed by atoms with van der Waals surface area (Å²) < 4.78 is 23.9. The van der Waals surface area contributed by atoms with E-state index < -0.39 is 0 Å². The molecule has 1 saturated heterocycles. The number of piperazine rings is 1. The maximum atomic E-state index is 13.8. The third-order valence-corrected chi connectivity index (χ3v) is 4.16. The fraction of sp³-hybridized carbons (Fsp3) is 0.412. The molecule has 1 aromatic heterocycles. The molecular weight excluding hydrogens is 311 g/mol. The van der Waals surface area contributed by atoms with Crippen LogP contribution in [0.5, 0.6) is 11.6 Å². The van der Waals surface area contributed by atoms with Gasteiger partial charge in [0.25, 0.3) is 0 Å². The smallest absolute Gasteiger partial charge is 0.218 e. The second kappa shape index (κ2) is 7.44. The zero-order chi connectivity index (χ0) is 16.9. The molecule has 0 atom stereocenters. The molecule has 6 nitrogen and oxygen atoms in total. The number of ether oxygens (including phenoxy) is 2. The van der Waals surface area contributed by atoms with Gasteiger partial charge in [0.05, 0.1) is 14.2 Å². The predicted molar refractivity (Wildman–Crippen MR) is 89.0 cm³/mol. The number of aromatic nitrogens is 2. The minimum atomic E-state index is -0.318. The molecule has 0 N–H and O–H groups in total. The van der Waals surface area contributed by atoms with E-state index in [9.17, 15) is 4.39 Å². The van der Waals surface area contributed by atoms with Crippen LogP contribution in [0, 0.1) is 5.82 Å². The van der Waals surface area contributed by atoms with Gasteiger partial charge in [0.2, 0.25) is 5.88 Å². The van der Waals surface area contributed by atoms with Crippen LogP contribution in [-0.4, -0.2) is 55.3 Å².